The van der Waals surface area contributed by atoms with Crippen LogP contribution < -0.4 is 5.73 Å². The van der Waals surface area contributed by atoms with Gasteiger partial charge in [0.2, 0.25) is 0 Å². The van der Waals surface area contributed by atoms with E-state index in [1.807, 2.05) is 13.8 Å². The lowest BCUT2D eigenvalue weighted by molar-refractivity contribution is 0.504. The number of hydrogen-bond donors (Lipinski definition) is 1. The van der Waals surface area contributed by atoms with Crippen molar-refractivity contribution in [3.63, 3.8) is 0 Å². The number of halogens is 1. The van der Waals surface area contributed by atoms with Crippen LogP contribution in [0.4, 0.5) is 0 Å². The zero-order chi connectivity index (χ0) is 11.0. The second-order valence-corrected chi connectivity index (χ2v) is 3.60. The lowest BCUT2D eigenvalue weighted by atomic mass is 10.4. The van der Waals surface area contributed by atoms with Gasteiger partial charge in [0, 0.05) is 6.54 Å². The molecule has 0 spiro atoms. The zero-order valence-electron chi connectivity index (χ0n) is 8.49. The molecular weight excluding hydrogens is 216 g/mol. The minimum atomic E-state index is 0.344. The van der Waals surface area contributed by atoms with Crippen LogP contribution >= 0.6 is 11.6 Å². The highest BCUT2D eigenvalue weighted by Gasteiger charge is 2.14. The molecular formula is C9H11ClN4O. The van der Waals surface area contributed by atoms with Crippen molar-refractivity contribution in [2.75, 3.05) is 0 Å². The lowest BCUT2D eigenvalue weighted by Gasteiger charge is -1.96. The third-order valence-corrected chi connectivity index (χ3v) is 2.68. The number of nitrogens with zero attached hydrogens (tertiary/aromatic N) is 3. The molecule has 80 valence electrons. The summed E-state index contributed by atoms with van der Waals surface area (Å²) < 4.78 is 6.81. The molecule has 2 N–H and O–H groups in total. The smallest absolute Gasteiger partial charge is 0.323 e. The number of rotatable bonds is 2. The van der Waals surface area contributed by atoms with Crippen molar-refractivity contribution in [2.24, 2.45) is 5.73 Å². The molecule has 6 heteroatoms. The predicted molar refractivity (Wildman–Crippen MR) is 56.0 cm³/mol. The first-order valence-corrected chi connectivity index (χ1v) is 4.88. The van der Waals surface area contributed by atoms with Crippen LogP contribution in [-0.2, 0) is 6.54 Å². The standard InChI is InChI=1S/C9H11ClN4O/c1-5-8(10)6(2)14(13-5)9-12-7(3-11)4-15-9/h4H,3,11H2,1-2H3. The molecule has 0 aliphatic carbocycles. The van der Waals surface area contributed by atoms with Crippen LogP contribution in [0, 0.1) is 13.8 Å². The summed E-state index contributed by atoms with van der Waals surface area (Å²) in [5.74, 6) is 0. The van der Waals surface area contributed by atoms with Crippen LogP contribution in [0.1, 0.15) is 17.1 Å². The van der Waals surface area contributed by atoms with E-state index < -0.39 is 0 Å². The topological polar surface area (TPSA) is 69.9 Å². The third-order valence-electron chi connectivity index (χ3n) is 2.13. The van der Waals surface area contributed by atoms with E-state index >= 15 is 0 Å². The van der Waals surface area contributed by atoms with E-state index in [2.05, 4.69) is 10.1 Å². The van der Waals surface area contributed by atoms with Crippen LogP contribution in [-0.4, -0.2) is 14.8 Å². The lowest BCUT2D eigenvalue weighted by Crippen LogP contribution is -2.01. The quantitative estimate of drug-likeness (QED) is 0.844. The minimum absolute atomic E-state index is 0.344. The highest BCUT2D eigenvalue weighted by Crippen LogP contribution is 2.21. The molecule has 0 saturated carbocycles. The van der Waals surface area contributed by atoms with Gasteiger partial charge in [0.25, 0.3) is 0 Å². The summed E-state index contributed by atoms with van der Waals surface area (Å²) >= 11 is 6.01. The highest BCUT2D eigenvalue weighted by atomic mass is 35.5. The van der Waals surface area contributed by atoms with Gasteiger partial charge in [-0.2, -0.15) is 14.8 Å². The summed E-state index contributed by atoms with van der Waals surface area (Å²) in [5.41, 5.74) is 7.68. The molecule has 0 radical (unpaired) electrons. The van der Waals surface area contributed by atoms with Gasteiger partial charge in [-0.25, -0.2) is 0 Å². The molecule has 0 aromatic carbocycles. The fourth-order valence-electron chi connectivity index (χ4n) is 1.30. The van der Waals surface area contributed by atoms with E-state index in [0.29, 0.717) is 23.3 Å². The molecule has 0 aliphatic rings. The van der Waals surface area contributed by atoms with Gasteiger partial charge in [-0.1, -0.05) is 11.6 Å². The van der Waals surface area contributed by atoms with Crippen LogP contribution in [0.3, 0.4) is 0 Å². The maximum Gasteiger partial charge on any atom is 0.323 e. The first kappa shape index (κ1) is 10.2. The Bertz CT molecular complexity index is 488. The van der Waals surface area contributed by atoms with Crippen LogP contribution in [0.25, 0.3) is 6.01 Å². The Balaban J connectivity index is 2.49. The van der Waals surface area contributed by atoms with Gasteiger partial charge in [-0.15, -0.1) is 0 Å². The van der Waals surface area contributed by atoms with E-state index in [0.717, 1.165) is 11.4 Å². The van der Waals surface area contributed by atoms with E-state index in [-0.39, 0.29) is 0 Å². The van der Waals surface area contributed by atoms with Gasteiger partial charge in [-0.3, -0.25) is 0 Å². The molecule has 0 fully saturated rings. The van der Waals surface area contributed by atoms with Crippen molar-refractivity contribution >= 4 is 11.6 Å². The van der Waals surface area contributed by atoms with Gasteiger partial charge < -0.3 is 10.2 Å². The zero-order valence-corrected chi connectivity index (χ0v) is 9.25. The minimum Gasteiger partial charge on any atom is -0.430 e. The molecule has 0 unspecified atom stereocenters. The maximum atomic E-state index is 6.01. The van der Waals surface area contributed by atoms with Gasteiger partial charge in [0.05, 0.1) is 22.1 Å². The Morgan fingerprint density at radius 3 is 2.73 bits per heavy atom. The van der Waals surface area contributed by atoms with Gasteiger partial charge in [0.15, 0.2) is 0 Å². The van der Waals surface area contributed by atoms with Crippen molar-refractivity contribution in [3.8, 4) is 6.01 Å². The Hall–Kier alpha value is -1.33. The molecule has 15 heavy (non-hydrogen) atoms. The predicted octanol–water partition coefficient (Wildman–Crippen LogP) is 1.59. The van der Waals surface area contributed by atoms with Crippen LogP contribution in [0.5, 0.6) is 0 Å². The van der Waals surface area contributed by atoms with E-state index in [1.54, 1.807) is 4.68 Å². The molecule has 2 rings (SSSR count). The van der Waals surface area contributed by atoms with Gasteiger partial charge >= 0.3 is 6.01 Å². The molecule has 2 aromatic heterocycles. The number of nitrogens with two attached hydrogens (primary N) is 1. The molecule has 0 bridgehead atoms. The first-order valence-electron chi connectivity index (χ1n) is 4.50. The second kappa shape index (κ2) is 3.67. The normalized spacial score (nSPS) is 10.9. The Morgan fingerprint density at radius 1 is 1.53 bits per heavy atom. The van der Waals surface area contributed by atoms with E-state index in [9.17, 15) is 0 Å². The molecule has 0 aliphatic heterocycles. The average molecular weight is 227 g/mol. The Kier molecular flexibility index (Phi) is 2.50. The van der Waals surface area contributed by atoms with Crippen LogP contribution in [0.2, 0.25) is 5.02 Å². The number of aromatic nitrogens is 3. The van der Waals surface area contributed by atoms with Crippen molar-refractivity contribution in [1.82, 2.24) is 14.8 Å². The summed E-state index contributed by atoms with van der Waals surface area (Å²) in [6.07, 6.45) is 1.51. The summed E-state index contributed by atoms with van der Waals surface area (Å²) in [4.78, 5) is 4.16. The molecule has 2 heterocycles. The maximum absolute atomic E-state index is 6.01. The van der Waals surface area contributed by atoms with Crippen molar-refractivity contribution in [1.29, 1.82) is 0 Å². The number of oxazole rings is 1. The van der Waals surface area contributed by atoms with Gasteiger partial charge in [-0.05, 0) is 13.8 Å². The molecule has 2 aromatic rings. The highest BCUT2D eigenvalue weighted by molar-refractivity contribution is 6.31. The molecule has 5 nitrogen and oxygen atoms in total. The third kappa shape index (κ3) is 1.64. The van der Waals surface area contributed by atoms with Crippen molar-refractivity contribution in [3.05, 3.63) is 28.4 Å². The van der Waals surface area contributed by atoms with Crippen molar-refractivity contribution < 1.29 is 4.42 Å². The second-order valence-electron chi connectivity index (χ2n) is 3.22. The molecule has 0 atom stereocenters. The Morgan fingerprint density at radius 2 is 2.27 bits per heavy atom. The number of aryl methyl sites for hydroxylation is 1. The summed E-state index contributed by atoms with van der Waals surface area (Å²) in [6, 6.07) is 0.392. The average Bonchev–Trinajstić information content (AvgIpc) is 2.79. The van der Waals surface area contributed by atoms with Crippen molar-refractivity contribution in [2.45, 2.75) is 20.4 Å². The fraction of sp³-hybridized carbons (Fsp3) is 0.333. The Labute approximate surface area is 91.8 Å². The number of hydrogen-bond acceptors (Lipinski definition) is 4. The first-order chi connectivity index (χ1) is 7.13. The van der Waals surface area contributed by atoms with Crippen LogP contribution in [0.15, 0.2) is 10.7 Å². The SMILES string of the molecule is Cc1nn(-c2nc(CN)co2)c(C)c1Cl. The molecule has 0 amide bonds. The van der Waals surface area contributed by atoms with E-state index in [4.69, 9.17) is 21.8 Å². The fourth-order valence-corrected chi connectivity index (χ4v) is 1.42. The summed E-state index contributed by atoms with van der Waals surface area (Å²) in [5, 5.41) is 4.84. The summed E-state index contributed by atoms with van der Waals surface area (Å²) in [6.45, 7) is 4.03. The molecule has 0 saturated heterocycles. The van der Waals surface area contributed by atoms with E-state index in [1.165, 1.54) is 6.26 Å². The van der Waals surface area contributed by atoms with Gasteiger partial charge in [0.1, 0.15) is 6.26 Å². The monoisotopic (exact) mass is 226 g/mol. The largest absolute Gasteiger partial charge is 0.430 e. The summed E-state index contributed by atoms with van der Waals surface area (Å²) in [7, 11) is 0.